The fourth-order valence-corrected chi connectivity index (χ4v) is 2.16. The number of piperazine rings is 1. The lowest BCUT2D eigenvalue weighted by Crippen LogP contribution is -2.49. The molecule has 21 heavy (non-hydrogen) atoms. The van der Waals surface area contributed by atoms with E-state index in [9.17, 15) is 9.59 Å². The molecule has 2 rings (SSSR count). The minimum Gasteiger partial charge on any atom is -0.449 e. The van der Waals surface area contributed by atoms with Crippen LogP contribution >= 0.6 is 0 Å². The molecular formula is C15H20N2O4. The van der Waals surface area contributed by atoms with Gasteiger partial charge in [-0.3, -0.25) is 9.69 Å². The number of hydrogen-bond acceptors (Lipinski definition) is 6. The summed E-state index contributed by atoms with van der Waals surface area (Å²) in [6, 6.07) is 8.77. The Morgan fingerprint density at radius 1 is 1.24 bits per heavy atom. The Labute approximate surface area is 124 Å². The van der Waals surface area contributed by atoms with E-state index >= 15 is 0 Å². The van der Waals surface area contributed by atoms with E-state index in [-0.39, 0.29) is 0 Å². The van der Waals surface area contributed by atoms with Crippen molar-refractivity contribution < 1.29 is 19.1 Å². The highest BCUT2D eigenvalue weighted by Gasteiger charge is 2.27. The van der Waals surface area contributed by atoms with Crippen molar-refractivity contribution in [3.8, 4) is 5.75 Å². The smallest absolute Gasteiger partial charge is 0.354 e. The molecule has 1 fully saturated rings. The zero-order valence-corrected chi connectivity index (χ0v) is 12.1. The van der Waals surface area contributed by atoms with Gasteiger partial charge in [0.25, 0.3) is 0 Å². The summed E-state index contributed by atoms with van der Waals surface area (Å²) in [5, 5.41) is 3.23. The lowest BCUT2D eigenvalue weighted by Gasteiger charge is -2.29. The molecule has 1 aliphatic heterocycles. The van der Waals surface area contributed by atoms with Crippen LogP contribution in [-0.2, 0) is 14.3 Å². The number of esters is 2. The van der Waals surface area contributed by atoms with Gasteiger partial charge in [0.2, 0.25) is 6.10 Å². The molecule has 1 aliphatic rings. The SMILES string of the molecule is CC(=O)OC(CN1CCNCC1)C(=O)Oc1ccccc1. The van der Waals surface area contributed by atoms with Crippen molar-refractivity contribution in [2.45, 2.75) is 13.0 Å². The zero-order valence-electron chi connectivity index (χ0n) is 12.1. The summed E-state index contributed by atoms with van der Waals surface area (Å²) in [5.41, 5.74) is 0. The molecule has 0 saturated carbocycles. The van der Waals surface area contributed by atoms with Gasteiger partial charge in [0.05, 0.1) is 0 Å². The maximum Gasteiger partial charge on any atom is 0.354 e. The molecule has 0 radical (unpaired) electrons. The Bertz CT molecular complexity index is 472. The van der Waals surface area contributed by atoms with Gasteiger partial charge in [-0.2, -0.15) is 0 Å². The maximum atomic E-state index is 12.2. The van der Waals surface area contributed by atoms with Crippen LogP contribution in [0.1, 0.15) is 6.92 Å². The molecule has 0 spiro atoms. The minimum atomic E-state index is -0.902. The molecule has 6 heteroatoms. The highest BCUT2D eigenvalue weighted by molar-refractivity contribution is 5.80. The van der Waals surface area contributed by atoms with Crippen LogP contribution in [0.2, 0.25) is 0 Å². The van der Waals surface area contributed by atoms with Gasteiger partial charge >= 0.3 is 11.9 Å². The predicted molar refractivity (Wildman–Crippen MR) is 76.9 cm³/mol. The Balaban J connectivity index is 1.96. The average Bonchev–Trinajstić information content (AvgIpc) is 2.48. The van der Waals surface area contributed by atoms with E-state index in [1.807, 2.05) is 6.07 Å². The largest absolute Gasteiger partial charge is 0.449 e. The van der Waals surface area contributed by atoms with E-state index in [2.05, 4.69) is 10.2 Å². The lowest BCUT2D eigenvalue weighted by atomic mass is 10.2. The van der Waals surface area contributed by atoms with Gasteiger partial charge in [0, 0.05) is 39.6 Å². The second kappa shape index (κ2) is 7.75. The molecular weight excluding hydrogens is 272 g/mol. The van der Waals surface area contributed by atoms with Gasteiger partial charge in [-0.15, -0.1) is 0 Å². The third kappa shape index (κ3) is 5.17. The maximum absolute atomic E-state index is 12.2. The number of nitrogens with one attached hydrogen (secondary N) is 1. The molecule has 1 atom stereocenters. The highest BCUT2D eigenvalue weighted by atomic mass is 16.6. The third-order valence-electron chi connectivity index (χ3n) is 3.17. The number of para-hydroxylation sites is 1. The van der Waals surface area contributed by atoms with Crippen molar-refractivity contribution in [1.29, 1.82) is 0 Å². The minimum absolute atomic E-state index is 0.354. The van der Waals surface area contributed by atoms with Gasteiger partial charge in [0.1, 0.15) is 5.75 Å². The number of carbonyl (C=O) groups excluding carboxylic acids is 2. The van der Waals surface area contributed by atoms with Crippen molar-refractivity contribution in [2.75, 3.05) is 32.7 Å². The van der Waals surface area contributed by atoms with Crippen LogP contribution in [-0.4, -0.2) is 55.7 Å². The van der Waals surface area contributed by atoms with Crippen molar-refractivity contribution in [3.05, 3.63) is 30.3 Å². The molecule has 1 saturated heterocycles. The van der Waals surface area contributed by atoms with Gasteiger partial charge in [-0.05, 0) is 12.1 Å². The quantitative estimate of drug-likeness (QED) is 0.627. The number of benzene rings is 1. The molecule has 0 aliphatic carbocycles. The second-order valence-electron chi connectivity index (χ2n) is 4.88. The molecule has 6 nitrogen and oxygen atoms in total. The molecule has 0 aromatic heterocycles. The molecule has 1 aromatic carbocycles. The van der Waals surface area contributed by atoms with E-state index in [0.717, 1.165) is 26.2 Å². The Hall–Kier alpha value is -1.92. The summed E-state index contributed by atoms with van der Waals surface area (Å²) in [7, 11) is 0. The highest BCUT2D eigenvalue weighted by Crippen LogP contribution is 2.11. The molecule has 0 amide bonds. The molecule has 1 aromatic rings. The zero-order chi connectivity index (χ0) is 15.1. The normalized spacial score (nSPS) is 17.0. The lowest BCUT2D eigenvalue weighted by molar-refractivity contribution is -0.162. The number of carbonyl (C=O) groups is 2. The summed E-state index contributed by atoms with van der Waals surface area (Å²) in [4.78, 5) is 25.5. The van der Waals surface area contributed by atoms with E-state index in [0.29, 0.717) is 12.3 Å². The number of nitrogens with zero attached hydrogens (tertiary/aromatic N) is 1. The van der Waals surface area contributed by atoms with Crippen molar-refractivity contribution >= 4 is 11.9 Å². The predicted octanol–water partition coefficient (Wildman–Crippen LogP) is 0.429. The van der Waals surface area contributed by atoms with Crippen LogP contribution in [0.3, 0.4) is 0 Å². The fraction of sp³-hybridized carbons (Fsp3) is 0.467. The second-order valence-corrected chi connectivity index (χ2v) is 4.88. The fourth-order valence-electron chi connectivity index (χ4n) is 2.16. The first-order valence-corrected chi connectivity index (χ1v) is 7.02. The molecule has 0 bridgehead atoms. The third-order valence-corrected chi connectivity index (χ3v) is 3.17. The number of ether oxygens (including phenoxy) is 2. The summed E-state index contributed by atoms with van der Waals surface area (Å²) in [6.07, 6.45) is -0.902. The topological polar surface area (TPSA) is 67.9 Å². The van der Waals surface area contributed by atoms with Crippen molar-refractivity contribution in [3.63, 3.8) is 0 Å². The number of hydrogen-bond donors (Lipinski definition) is 1. The Morgan fingerprint density at radius 3 is 2.52 bits per heavy atom. The van der Waals surface area contributed by atoms with Crippen molar-refractivity contribution in [2.24, 2.45) is 0 Å². The van der Waals surface area contributed by atoms with Crippen LogP contribution in [0, 0.1) is 0 Å². The summed E-state index contributed by atoms with van der Waals surface area (Å²) in [6.45, 7) is 5.00. The first-order chi connectivity index (χ1) is 10.1. The molecule has 1 N–H and O–H groups in total. The summed E-state index contributed by atoms with van der Waals surface area (Å²) in [5.74, 6) is -0.588. The van der Waals surface area contributed by atoms with Gasteiger partial charge in [-0.1, -0.05) is 18.2 Å². The van der Waals surface area contributed by atoms with Crippen molar-refractivity contribution in [1.82, 2.24) is 10.2 Å². The average molecular weight is 292 g/mol. The van der Waals surface area contributed by atoms with E-state index in [1.165, 1.54) is 6.92 Å². The standard InChI is InChI=1S/C15H20N2O4/c1-12(18)20-14(11-17-9-7-16-8-10-17)15(19)21-13-5-3-2-4-6-13/h2-6,14,16H,7-11H2,1H3. The molecule has 114 valence electrons. The molecule has 1 unspecified atom stereocenters. The summed E-state index contributed by atoms with van der Waals surface area (Å²) < 4.78 is 10.4. The van der Waals surface area contributed by atoms with E-state index < -0.39 is 18.0 Å². The first-order valence-electron chi connectivity index (χ1n) is 7.02. The first kappa shape index (κ1) is 15.5. The monoisotopic (exact) mass is 292 g/mol. The van der Waals surface area contributed by atoms with E-state index in [4.69, 9.17) is 9.47 Å². The van der Waals surface area contributed by atoms with Gasteiger partial charge in [-0.25, -0.2) is 4.79 Å². The van der Waals surface area contributed by atoms with Crippen LogP contribution in [0.25, 0.3) is 0 Å². The van der Waals surface area contributed by atoms with Crippen LogP contribution in [0.15, 0.2) is 30.3 Å². The van der Waals surface area contributed by atoms with Gasteiger partial charge in [0.15, 0.2) is 0 Å². The van der Waals surface area contributed by atoms with Crippen LogP contribution < -0.4 is 10.1 Å². The molecule has 1 heterocycles. The Morgan fingerprint density at radius 2 is 1.90 bits per heavy atom. The number of rotatable bonds is 5. The Kier molecular flexibility index (Phi) is 5.71. The van der Waals surface area contributed by atoms with Gasteiger partial charge < -0.3 is 14.8 Å². The van der Waals surface area contributed by atoms with Crippen LogP contribution in [0.5, 0.6) is 5.75 Å². The van der Waals surface area contributed by atoms with E-state index in [1.54, 1.807) is 24.3 Å². The van der Waals surface area contributed by atoms with Crippen LogP contribution in [0.4, 0.5) is 0 Å². The summed E-state index contributed by atoms with van der Waals surface area (Å²) >= 11 is 0.